The van der Waals surface area contributed by atoms with E-state index in [1.165, 1.54) is 6.07 Å². The number of urea groups is 1. The lowest BCUT2D eigenvalue weighted by atomic mass is 9.76. The number of anilines is 1. The maximum atomic E-state index is 14.7. The molecule has 31 heavy (non-hydrogen) atoms. The van der Waals surface area contributed by atoms with E-state index in [1.54, 1.807) is 6.07 Å². The molecule has 1 aromatic rings. The van der Waals surface area contributed by atoms with Crippen molar-refractivity contribution in [2.24, 2.45) is 5.92 Å². The molecule has 4 amide bonds. The zero-order valence-corrected chi connectivity index (χ0v) is 17.9. The second-order valence-electron chi connectivity index (χ2n) is 8.93. The molecular formula is C22H29FN4O4. The van der Waals surface area contributed by atoms with E-state index in [4.69, 9.17) is 4.74 Å². The highest BCUT2D eigenvalue weighted by Gasteiger charge is 2.48. The molecular weight excluding hydrogens is 403 g/mol. The highest BCUT2D eigenvalue weighted by atomic mass is 19.1. The molecule has 3 N–H and O–H groups in total. The summed E-state index contributed by atoms with van der Waals surface area (Å²) in [6.07, 6.45) is 1.98. The first-order chi connectivity index (χ1) is 14.8. The molecule has 1 aromatic carbocycles. The second-order valence-corrected chi connectivity index (χ2v) is 8.93. The fraction of sp³-hybridized carbons (Fsp3) is 0.591. The Morgan fingerprint density at radius 2 is 1.90 bits per heavy atom. The molecule has 1 saturated carbocycles. The molecule has 1 aliphatic carbocycles. The van der Waals surface area contributed by atoms with Crippen molar-refractivity contribution in [1.29, 1.82) is 0 Å². The number of amides is 4. The molecule has 1 spiro atoms. The van der Waals surface area contributed by atoms with Crippen LogP contribution < -0.4 is 20.9 Å². The van der Waals surface area contributed by atoms with E-state index in [2.05, 4.69) is 16.0 Å². The van der Waals surface area contributed by atoms with Crippen LogP contribution in [0.5, 0.6) is 0 Å². The van der Waals surface area contributed by atoms with Crippen molar-refractivity contribution in [3.63, 3.8) is 0 Å². The maximum Gasteiger partial charge on any atom is 0.322 e. The van der Waals surface area contributed by atoms with Gasteiger partial charge in [-0.3, -0.25) is 14.9 Å². The van der Waals surface area contributed by atoms with Crippen LogP contribution in [0.25, 0.3) is 0 Å². The van der Waals surface area contributed by atoms with Gasteiger partial charge in [-0.05, 0) is 57.2 Å². The third-order valence-electron chi connectivity index (χ3n) is 6.46. The number of rotatable bonds is 4. The predicted molar refractivity (Wildman–Crippen MR) is 112 cm³/mol. The van der Waals surface area contributed by atoms with Crippen LogP contribution in [0.4, 0.5) is 14.9 Å². The topological polar surface area (TPSA) is 99.8 Å². The Morgan fingerprint density at radius 3 is 2.48 bits per heavy atom. The molecule has 8 nitrogen and oxygen atoms in total. The minimum Gasteiger partial charge on any atom is -0.372 e. The molecule has 2 unspecified atom stereocenters. The van der Waals surface area contributed by atoms with Gasteiger partial charge in [-0.25, -0.2) is 9.18 Å². The highest BCUT2D eigenvalue weighted by molar-refractivity contribution is 6.07. The Kier molecular flexibility index (Phi) is 5.88. The van der Waals surface area contributed by atoms with Crippen molar-refractivity contribution in [2.45, 2.75) is 63.8 Å². The van der Waals surface area contributed by atoms with E-state index in [0.29, 0.717) is 50.0 Å². The van der Waals surface area contributed by atoms with Gasteiger partial charge in [0, 0.05) is 25.6 Å². The SMILES string of the molecule is CC1CN(c2ccc(CNC(=O)C3CCC4(CC3)NC(=O)NC4=O)cc2F)CC(C)O1. The van der Waals surface area contributed by atoms with Crippen LogP contribution in [-0.2, 0) is 20.9 Å². The van der Waals surface area contributed by atoms with Gasteiger partial charge >= 0.3 is 6.03 Å². The number of carbonyl (C=O) groups excluding carboxylic acids is 3. The number of nitrogens with one attached hydrogen (secondary N) is 3. The first-order valence-electron chi connectivity index (χ1n) is 10.9. The van der Waals surface area contributed by atoms with Gasteiger partial charge in [0.25, 0.3) is 5.91 Å². The minimum absolute atomic E-state index is 0.0420. The molecule has 2 saturated heterocycles. The number of hydrogen-bond donors (Lipinski definition) is 3. The van der Waals surface area contributed by atoms with Crippen LogP contribution in [0.2, 0.25) is 0 Å². The number of imide groups is 1. The number of nitrogens with zero attached hydrogens (tertiary/aromatic N) is 1. The molecule has 168 valence electrons. The van der Waals surface area contributed by atoms with Crippen LogP contribution in [0.15, 0.2) is 18.2 Å². The molecule has 3 fully saturated rings. The van der Waals surface area contributed by atoms with Gasteiger partial charge in [-0.15, -0.1) is 0 Å². The quantitative estimate of drug-likeness (QED) is 0.631. The molecule has 0 radical (unpaired) electrons. The zero-order chi connectivity index (χ0) is 22.2. The first-order valence-corrected chi connectivity index (χ1v) is 10.9. The Hall–Kier alpha value is -2.68. The Labute approximate surface area is 180 Å². The van der Waals surface area contributed by atoms with Crippen molar-refractivity contribution in [2.75, 3.05) is 18.0 Å². The molecule has 3 aliphatic rings. The van der Waals surface area contributed by atoms with Gasteiger partial charge in [0.1, 0.15) is 11.4 Å². The van der Waals surface area contributed by atoms with E-state index in [9.17, 15) is 18.8 Å². The predicted octanol–water partition coefficient (Wildman–Crippen LogP) is 1.82. The molecule has 2 aliphatic heterocycles. The normalized spacial score (nSPS) is 30.8. The van der Waals surface area contributed by atoms with Crippen LogP contribution in [0.1, 0.15) is 45.1 Å². The van der Waals surface area contributed by atoms with E-state index in [0.717, 1.165) is 0 Å². The van der Waals surface area contributed by atoms with Crippen LogP contribution >= 0.6 is 0 Å². The van der Waals surface area contributed by atoms with Crippen molar-refractivity contribution in [3.8, 4) is 0 Å². The fourth-order valence-electron chi connectivity index (χ4n) is 4.88. The summed E-state index contributed by atoms with van der Waals surface area (Å²) in [6, 6.07) is 4.58. The first kappa shape index (κ1) is 21.5. The number of halogens is 1. The van der Waals surface area contributed by atoms with Crippen molar-refractivity contribution >= 4 is 23.5 Å². The largest absolute Gasteiger partial charge is 0.372 e. The van der Waals surface area contributed by atoms with Crippen LogP contribution in [0, 0.1) is 11.7 Å². The van der Waals surface area contributed by atoms with Crippen LogP contribution in [0.3, 0.4) is 0 Å². The summed E-state index contributed by atoms with van der Waals surface area (Å²) < 4.78 is 20.4. The third kappa shape index (κ3) is 4.51. The van der Waals surface area contributed by atoms with E-state index in [-0.39, 0.29) is 42.3 Å². The van der Waals surface area contributed by atoms with E-state index >= 15 is 0 Å². The highest BCUT2D eigenvalue weighted by Crippen LogP contribution is 2.34. The number of ether oxygens (including phenoxy) is 1. The molecule has 2 atom stereocenters. The minimum atomic E-state index is -0.874. The average Bonchev–Trinajstić information content (AvgIpc) is 2.98. The zero-order valence-electron chi connectivity index (χ0n) is 17.9. The van der Waals surface area contributed by atoms with Gasteiger partial charge in [-0.1, -0.05) is 6.07 Å². The molecule has 0 aromatic heterocycles. The summed E-state index contributed by atoms with van der Waals surface area (Å²) in [6.45, 7) is 5.47. The van der Waals surface area contributed by atoms with Gasteiger partial charge in [0.2, 0.25) is 5.91 Å². The van der Waals surface area contributed by atoms with Crippen molar-refractivity contribution < 1.29 is 23.5 Å². The standard InChI is InChI=1S/C22H29FN4O4/c1-13-11-27(12-14(2)31-13)18-4-3-15(9-17(18)23)10-24-19(28)16-5-7-22(8-6-16)20(29)25-21(30)26-22/h3-4,9,13-14,16H,5-8,10-12H2,1-2H3,(H,24,28)(H2,25,26,29,30). The van der Waals surface area contributed by atoms with Gasteiger partial charge in [0.15, 0.2) is 0 Å². The van der Waals surface area contributed by atoms with Gasteiger partial charge < -0.3 is 20.3 Å². The summed E-state index contributed by atoms with van der Waals surface area (Å²) >= 11 is 0. The third-order valence-corrected chi connectivity index (χ3v) is 6.46. The summed E-state index contributed by atoms with van der Waals surface area (Å²) in [5, 5.41) is 7.85. The molecule has 4 rings (SSSR count). The lowest BCUT2D eigenvalue weighted by Gasteiger charge is -2.37. The number of carbonyl (C=O) groups is 3. The smallest absolute Gasteiger partial charge is 0.322 e. The van der Waals surface area contributed by atoms with E-state index in [1.807, 2.05) is 24.8 Å². The average molecular weight is 432 g/mol. The van der Waals surface area contributed by atoms with E-state index < -0.39 is 11.6 Å². The summed E-state index contributed by atoms with van der Waals surface area (Å²) in [4.78, 5) is 38.0. The monoisotopic (exact) mass is 432 g/mol. The molecule has 9 heteroatoms. The lowest BCUT2D eigenvalue weighted by Crippen LogP contribution is -2.50. The molecule has 2 heterocycles. The summed E-state index contributed by atoms with van der Waals surface area (Å²) in [5.41, 5.74) is 0.367. The number of benzene rings is 1. The van der Waals surface area contributed by atoms with Crippen LogP contribution in [-0.4, -0.2) is 48.7 Å². The summed E-state index contributed by atoms with van der Waals surface area (Å²) in [7, 11) is 0. The Bertz CT molecular complexity index is 874. The second kappa shape index (κ2) is 8.45. The number of morpholine rings is 1. The summed E-state index contributed by atoms with van der Waals surface area (Å²) in [5.74, 6) is -0.956. The van der Waals surface area contributed by atoms with Gasteiger partial charge in [-0.2, -0.15) is 0 Å². The van der Waals surface area contributed by atoms with Gasteiger partial charge in [0.05, 0.1) is 17.9 Å². The fourth-order valence-corrected chi connectivity index (χ4v) is 4.88. The lowest BCUT2D eigenvalue weighted by molar-refractivity contribution is -0.130. The van der Waals surface area contributed by atoms with Crippen molar-refractivity contribution in [3.05, 3.63) is 29.6 Å². The maximum absolute atomic E-state index is 14.7. The molecule has 0 bridgehead atoms. The Balaban J connectivity index is 1.30. The Morgan fingerprint density at radius 1 is 1.23 bits per heavy atom. The van der Waals surface area contributed by atoms with Crippen molar-refractivity contribution in [1.82, 2.24) is 16.0 Å². The number of hydrogen-bond acceptors (Lipinski definition) is 5.